The first-order valence-corrected chi connectivity index (χ1v) is 7.98. The van der Waals surface area contributed by atoms with Crippen molar-refractivity contribution in [2.24, 2.45) is 0 Å². The summed E-state index contributed by atoms with van der Waals surface area (Å²) in [7, 11) is 0. The highest BCUT2D eigenvalue weighted by Gasteiger charge is 2.25. The molecule has 11 heteroatoms. The summed E-state index contributed by atoms with van der Waals surface area (Å²) in [6.45, 7) is 3.25. The van der Waals surface area contributed by atoms with Crippen molar-refractivity contribution in [3.05, 3.63) is 0 Å². The summed E-state index contributed by atoms with van der Waals surface area (Å²) in [6, 6.07) is 0. The lowest BCUT2D eigenvalue weighted by molar-refractivity contribution is -0.145. The minimum absolute atomic E-state index is 0.0552. The molecule has 5 N–H and O–H groups in total. The van der Waals surface area contributed by atoms with E-state index in [1.54, 1.807) is 13.8 Å². The van der Waals surface area contributed by atoms with Crippen molar-refractivity contribution in [3.8, 4) is 0 Å². The third-order valence-corrected chi connectivity index (χ3v) is 2.82. The Morgan fingerprint density at radius 3 is 2.39 bits per heavy atom. The van der Waals surface area contributed by atoms with Crippen LogP contribution in [0.15, 0.2) is 0 Å². The number of amides is 2. The van der Waals surface area contributed by atoms with Crippen molar-refractivity contribution in [3.63, 3.8) is 0 Å². The molecule has 2 amide bonds. The lowest BCUT2D eigenvalue weighted by atomic mass is 10.2. The Hall–Kier alpha value is -0.940. The molecule has 0 radical (unpaired) electrons. The van der Waals surface area contributed by atoms with Gasteiger partial charge < -0.3 is 20.5 Å². The summed E-state index contributed by atoms with van der Waals surface area (Å²) in [5, 5.41) is 17.0. The smallest absolute Gasteiger partial charge is 0.322 e. The molecule has 0 bridgehead atoms. The van der Waals surface area contributed by atoms with Crippen LogP contribution in [0.1, 0.15) is 13.8 Å². The van der Waals surface area contributed by atoms with E-state index < -0.39 is 28.3 Å². The first-order valence-electron chi connectivity index (χ1n) is 6.81. The predicted octanol–water partition coefficient (Wildman–Crippen LogP) is -1.41. The monoisotopic (exact) mass is 416 g/mol. The lowest BCUT2D eigenvalue weighted by Gasteiger charge is -2.17. The van der Waals surface area contributed by atoms with E-state index >= 15 is 0 Å². The van der Waals surface area contributed by atoms with Gasteiger partial charge >= 0.3 is 5.97 Å². The molecule has 0 aromatic carbocycles. The molecule has 0 rings (SSSR count). The Kier molecular flexibility index (Phi) is 11.1. The van der Waals surface area contributed by atoms with Crippen LogP contribution < -0.4 is 20.8 Å². The summed E-state index contributed by atoms with van der Waals surface area (Å²) < 4.78 is 4.20. The summed E-state index contributed by atoms with van der Waals surface area (Å²) in [5.74, 6) is -1.30. The number of aliphatic hydroxyl groups excluding tert-OH is 1. The fourth-order valence-electron chi connectivity index (χ4n) is 1.19. The van der Waals surface area contributed by atoms with Gasteiger partial charge in [0.2, 0.25) is 11.8 Å². The molecular weight excluding hydrogens is 396 g/mol. The fourth-order valence-corrected chi connectivity index (χ4v) is 1.42. The second-order valence-corrected chi connectivity index (χ2v) is 7.22. The van der Waals surface area contributed by atoms with Crippen molar-refractivity contribution < 1.29 is 24.2 Å². The predicted molar refractivity (Wildman–Crippen MR) is 87.8 cm³/mol. The molecule has 134 valence electrons. The SMILES string of the molecule is CC(C)(Br)C(=O)OCCNC(O)CNC(=O)CNC(=O)CNCl. The summed E-state index contributed by atoms with van der Waals surface area (Å²) >= 11 is 8.30. The number of nitrogens with one attached hydrogen (secondary N) is 4. The standard InChI is InChI=1S/C12H22BrClN4O5/c1-12(2,13)11(22)23-4-3-15-8(19)5-16-9(20)6-17-10(21)7-18-14/h8,15,18-19H,3-7H2,1-2H3,(H,16,20)(H,17,21). The quantitative estimate of drug-likeness (QED) is 0.0918. The van der Waals surface area contributed by atoms with Gasteiger partial charge in [0.25, 0.3) is 0 Å². The van der Waals surface area contributed by atoms with E-state index in [2.05, 4.69) is 36.7 Å². The molecule has 0 saturated heterocycles. The number of ether oxygens (including phenoxy) is 1. The van der Waals surface area contributed by atoms with Crippen LogP contribution in [0.2, 0.25) is 0 Å². The number of carbonyl (C=O) groups is 3. The molecule has 0 aliphatic heterocycles. The molecule has 0 spiro atoms. The van der Waals surface area contributed by atoms with Gasteiger partial charge in [-0.15, -0.1) is 0 Å². The number of alkyl halides is 1. The first-order chi connectivity index (χ1) is 10.7. The summed E-state index contributed by atoms with van der Waals surface area (Å²) in [6.07, 6.45) is -1.00. The second kappa shape index (κ2) is 11.6. The van der Waals surface area contributed by atoms with Gasteiger partial charge in [0.05, 0.1) is 19.6 Å². The number of halogens is 2. The van der Waals surface area contributed by atoms with E-state index in [9.17, 15) is 19.5 Å². The number of esters is 1. The normalized spacial score (nSPS) is 12.4. The highest BCUT2D eigenvalue weighted by molar-refractivity contribution is 9.10. The Balaban J connectivity index is 3.71. The van der Waals surface area contributed by atoms with Crippen LogP contribution in [0.25, 0.3) is 0 Å². The minimum atomic E-state index is -1.00. The van der Waals surface area contributed by atoms with E-state index in [1.807, 2.05) is 0 Å². The third-order valence-electron chi connectivity index (χ3n) is 2.37. The fraction of sp³-hybridized carbons (Fsp3) is 0.750. The summed E-state index contributed by atoms with van der Waals surface area (Å²) in [5.41, 5.74) is 0. The molecule has 0 fully saturated rings. The first kappa shape index (κ1) is 22.1. The topological polar surface area (TPSA) is 129 Å². The van der Waals surface area contributed by atoms with Gasteiger partial charge in [0, 0.05) is 6.54 Å². The zero-order valence-corrected chi connectivity index (χ0v) is 15.3. The van der Waals surface area contributed by atoms with Crippen molar-refractivity contribution in [1.29, 1.82) is 0 Å². The molecule has 1 unspecified atom stereocenters. The van der Waals surface area contributed by atoms with Crippen LogP contribution in [0.3, 0.4) is 0 Å². The Morgan fingerprint density at radius 1 is 1.22 bits per heavy atom. The van der Waals surface area contributed by atoms with Gasteiger partial charge in [0.15, 0.2) is 0 Å². The molecule has 1 atom stereocenters. The van der Waals surface area contributed by atoms with Crippen LogP contribution in [-0.2, 0) is 19.1 Å². The van der Waals surface area contributed by atoms with E-state index in [4.69, 9.17) is 16.5 Å². The molecule has 9 nitrogen and oxygen atoms in total. The van der Waals surface area contributed by atoms with E-state index in [-0.39, 0.29) is 32.8 Å². The van der Waals surface area contributed by atoms with Crippen LogP contribution >= 0.6 is 27.7 Å². The van der Waals surface area contributed by atoms with E-state index in [0.29, 0.717) is 0 Å². The van der Waals surface area contributed by atoms with Gasteiger partial charge in [-0.05, 0) is 25.6 Å². The van der Waals surface area contributed by atoms with Gasteiger partial charge in [-0.3, -0.25) is 19.7 Å². The molecule has 0 heterocycles. The maximum atomic E-state index is 11.4. The van der Waals surface area contributed by atoms with Gasteiger partial charge in [-0.2, -0.15) is 0 Å². The Labute approximate surface area is 148 Å². The molecule has 0 aliphatic rings. The minimum Gasteiger partial charge on any atom is -0.463 e. The van der Waals surface area contributed by atoms with Crippen LogP contribution in [-0.4, -0.2) is 66.2 Å². The van der Waals surface area contributed by atoms with Crippen molar-refractivity contribution in [1.82, 2.24) is 20.8 Å². The number of hydrogen-bond donors (Lipinski definition) is 5. The zero-order valence-electron chi connectivity index (χ0n) is 12.9. The maximum absolute atomic E-state index is 11.4. The van der Waals surface area contributed by atoms with Crippen LogP contribution in [0, 0.1) is 0 Å². The highest BCUT2D eigenvalue weighted by Crippen LogP contribution is 2.16. The van der Waals surface area contributed by atoms with Gasteiger partial charge in [0.1, 0.15) is 17.2 Å². The molecule has 0 aromatic rings. The van der Waals surface area contributed by atoms with Crippen molar-refractivity contribution >= 4 is 45.5 Å². The summed E-state index contributed by atoms with van der Waals surface area (Å²) in [4.78, 5) is 36.0. The molecule has 0 aromatic heterocycles. The average molecular weight is 418 g/mol. The van der Waals surface area contributed by atoms with Gasteiger partial charge in [-0.25, -0.2) is 4.84 Å². The lowest BCUT2D eigenvalue weighted by Crippen LogP contribution is -2.45. The molecule has 23 heavy (non-hydrogen) atoms. The number of carbonyl (C=O) groups excluding carboxylic acids is 3. The van der Waals surface area contributed by atoms with Crippen LogP contribution in [0.5, 0.6) is 0 Å². The number of aliphatic hydroxyl groups is 1. The van der Waals surface area contributed by atoms with E-state index in [0.717, 1.165) is 0 Å². The van der Waals surface area contributed by atoms with E-state index in [1.165, 1.54) is 0 Å². The zero-order chi connectivity index (χ0) is 17.9. The van der Waals surface area contributed by atoms with Gasteiger partial charge in [-0.1, -0.05) is 15.9 Å². The number of hydrogen-bond acceptors (Lipinski definition) is 7. The Morgan fingerprint density at radius 2 is 1.83 bits per heavy atom. The van der Waals surface area contributed by atoms with Crippen molar-refractivity contribution in [2.45, 2.75) is 24.4 Å². The molecule has 0 saturated carbocycles. The maximum Gasteiger partial charge on any atom is 0.322 e. The molecule has 0 aliphatic carbocycles. The molecular formula is C12H22BrClN4O5. The average Bonchev–Trinajstić information content (AvgIpc) is 2.46. The highest BCUT2D eigenvalue weighted by atomic mass is 79.9. The Bertz CT molecular complexity index is 405. The third kappa shape index (κ3) is 12.2. The largest absolute Gasteiger partial charge is 0.463 e. The number of rotatable bonds is 11. The van der Waals surface area contributed by atoms with Crippen molar-refractivity contribution in [2.75, 3.05) is 32.8 Å². The second-order valence-electron chi connectivity index (χ2n) is 4.97. The van der Waals surface area contributed by atoms with Crippen LogP contribution in [0.4, 0.5) is 0 Å².